The van der Waals surface area contributed by atoms with Gasteiger partial charge in [0.25, 0.3) is 0 Å². The first-order chi connectivity index (χ1) is 4.63. The molecule has 0 aromatic rings. The van der Waals surface area contributed by atoms with Gasteiger partial charge in [0, 0.05) is 12.3 Å². The molecule has 1 aliphatic rings. The van der Waals surface area contributed by atoms with Crippen molar-refractivity contribution in [2.75, 3.05) is 0 Å². The Hall–Kier alpha value is -0.370. The fourth-order valence-corrected chi connectivity index (χ4v) is 1.41. The van der Waals surface area contributed by atoms with Crippen LogP contribution in [-0.2, 0) is 4.79 Å². The zero-order valence-corrected chi connectivity index (χ0v) is 6.50. The van der Waals surface area contributed by atoms with Crippen molar-refractivity contribution in [3.05, 3.63) is 0 Å². The van der Waals surface area contributed by atoms with Crippen LogP contribution in [0.4, 0.5) is 0 Å². The summed E-state index contributed by atoms with van der Waals surface area (Å²) in [6.45, 7) is 3.84. The van der Waals surface area contributed by atoms with Gasteiger partial charge in [-0.15, -0.1) is 0 Å². The van der Waals surface area contributed by atoms with E-state index in [0.717, 1.165) is 0 Å². The minimum Gasteiger partial charge on any atom is -0.393 e. The molecule has 1 aliphatic carbocycles. The lowest BCUT2D eigenvalue weighted by Crippen LogP contribution is -2.34. The molecule has 3 atom stereocenters. The van der Waals surface area contributed by atoms with E-state index < -0.39 is 0 Å². The van der Waals surface area contributed by atoms with Crippen molar-refractivity contribution in [2.24, 2.45) is 11.8 Å². The number of rotatable bonds is 0. The number of Topliss-reactive ketones (excluding diaryl/α,β-unsaturated/α-hetero) is 1. The normalized spacial score (nSPS) is 41.9. The third-order valence-corrected chi connectivity index (χ3v) is 2.59. The largest absolute Gasteiger partial charge is 0.393 e. The van der Waals surface area contributed by atoms with Gasteiger partial charge in [-0.05, 0) is 12.3 Å². The van der Waals surface area contributed by atoms with Gasteiger partial charge in [0.2, 0.25) is 0 Å². The number of ketones is 1. The highest BCUT2D eigenvalue weighted by atomic mass is 16.3. The summed E-state index contributed by atoms with van der Waals surface area (Å²) in [5.41, 5.74) is 0. The summed E-state index contributed by atoms with van der Waals surface area (Å²) in [5.74, 6) is 0.516. The predicted octanol–water partition coefficient (Wildman–Crippen LogP) is 0.982. The van der Waals surface area contributed by atoms with Gasteiger partial charge >= 0.3 is 0 Å². The summed E-state index contributed by atoms with van der Waals surface area (Å²) < 4.78 is 0. The molecule has 1 saturated carbocycles. The second-order valence-electron chi connectivity index (χ2n) is 3.22. The van der Waals surface area contributed by atoms with Gasteiger partial charge in [0.05, 0.1) is 6.10 Å². The third kappa shape index (κ3) is 1.21. The molecular weight excluding hydrogens is 128 g/mol. The van der Waals surface area contributed by atoms with E-state index in [-0.39, 0.29) is 17.9 Å². The topological polar surface area (TPSA) is 37.3 Å². The molecule has 2 heteroatoms. The maximum Gasteiger partial charge on any atom is 0.136 e. The fraction of sp³-hybridized carbons (Fsp3) is 0.875. The quantitative estimate of drug-likeness (QED) is 0.547. The first-order valence-electron chi connectivity index (χ1n) is 3.83. The molecular formula is C8H14O2. The van der Waals surface area contributed by atoms with Crippen LogP contribution in [0.15, 0.2) is 0 Å². The Balaban J connectivity index is 2.60. The van der Waals surface area contributed by atoms with Crippen LogP contribution in [0.25, 0.3) is 0 Å². The molecule has 58 valence electrons. The first kappa shape index (κ1) is 7.73. The molecule has 0 aromatic heterocycles. The molecule has 2 nitrogen and oxygen atoms in total. The smallest absolute Gasteiger partial charge is 0.136 e. The van der Waals surface area contributed by atoms with E-state index in [0.29, 0.717) is 18.6 Å². The molecule has 10 heavy (non-hydrogen) atoms. The van der Waals surface area contributed by atoms with Crippen LogP contribution in [0.5, 0.6) is 0 Å². The molecule has 0 radical (unpaired) electrons. The van der Waals surface area contributed by atoms with E-state index in [4.69, 9.17) is 0 Å². The van der Waals surface area contributed by atoms with Crippen molar-refractivity contribution < 1.29 is 9.90 Å². The van der Waals surface area contributed by atoms with E-state index in [1.165, 1.54) is 0 Å². The maximum atomic E-state index is 11.0. The number of aliphatic hydroxyl groups is 1. The van der Waals surface area contributed by atoms with Gasteiger partial charge in [0.1, 0.15) is 5.78 Å². The van der Waals surface area contributed by atoms with Gasteiger partial charge in [-0.25, -0.2) is 0 Å². The van der Waals surface area contributed by atoms with Gasteiger partial charge in [-0.1, -0.05) is 13.8 Å². The fourth-order valence-electron chi connectivity index (χ4n) is 1.41. The van der Waals surface area contributed by atoms with E-state index in [1.54, 1.807) is 0 Å². The standard InChI is InChI=1S/C8H14O2/c1-5-6(2)8(10)4-3-7(5)9/h5-7,9H,3-4H2,1-2H3/t5-,6?,7+/m1/s1. The third-order valence-electron chi connectivity index (χ3n) is 2.59. The average molecular weight is 142 g/mol. The van der Waals surface area contributed by atoms with Crippen molar-refractivity contribution in [3.8, 4) is 0 Å². The van der Waals surface area contributed by atoms with Crippen molar-refractivity contribution in [1.82, 2.24) is 0 Å². The van der Waals surface area contributed by atoms with E-state index >= 15 is 0 Å². The van der Waals surface area contributed by atoms with Gasteiger partial charge in [0.15, 0.2) is 0 Å². The van der Waals surface area contributed by atoms with Gasteiger partial charge in [-0.2, -0.15) is 0 Å². The number of aliphatic hydroxyl groups excluding tert-OH is 1. The summed E-state index contributed by atoms with van der Waals surface area (Å²) in [4.78, 5) is 11.0. The van der Waals surface area contributed by atoms with Gasteiger partial charge < -0.3 is 5.11 Å². The second kappa shape index (κ2) is 2.70. The SMILES string of the molecule is CC1C(=O)CC[C@H](O)[C@@H]1C. The molecule has 0 aliphatic heterocycles. The average Bonchev–Trinajstić information content (AvgIpc) is 1.93. The van der Waals surface area contributed by atoms with Crippen molar-refractivity contribution in [1.29, 1.82) is 0 Å². The summed E-state index contributed by atoms with van der Waals surface area (Å²) in [5, 5.41) is 9.31. The van der Waals surface area contributed by atoms with Crippen molar-refractivity contribution in [3.63, 3.8) is 0 Å². The lowest BCUT2D eigenvalue weighted by molar-refractivity contribution is -0.129. The van der Waals surface area contributed by atoms with E-state index in [2.05, 4.69) is 0 Å². The number of hydrogen-bond donors (Lipinski definition) is 1. The Morgan fingerprint density at radius 3 is 2.60 bits per heavy atom. The minimum absolute atomic E-state index is 0.0590. The van der Waals surface area contributed by atoms with Crippen LogP contribution in [0.1, 0.15) is 26.7 Å². The maximum absolute atomic E-state index is 11.0. The molecule has 1 N–H and O–H groups in total. The van der Waals surface area contributed by atoms with Crippen LogP contribution in [-0.4, -0.2) is 17.0 Å². The number of hydrogen-bond acceptors (Lipinski definition) is 2. The highest BCUT2D eigenvalue weighted by Gasteiger charge is 2.30. The van der Waals surface area contributed by atoms with E-state index in [9.17, 15) is 9.90 Å². The second-order valence-corrected chi connectivity index (χ2v) is 3.22. The summed E-state index contributed by atoms with van der Waals surface area (Å²) in [7, 11) is 0. The molecule has 0 saturated heterocycles. The zero-order chi connectivity index (χ0) is 7.72. The Morgan fingerprint density at radius 1 is 1.50 bits per heavy atom. The molecule has 1 rings (SSSR count). The van der Waals surface area contributed by atoms with Crippen molar-refractivity contribution >= 4 is 5.78 Å². The molecule has 0 aromatic carbocycles. The van der Waals surface area contributed by atoms with E-state index in [1.807, 2.05) is 13.8 Å². The van der Waals surface area contributed by atoms with Crippen molar-refractivity contribution in [2.45, 2.75) is 32.8 Å². The lowest BCUT2D eigenvalue weighted by Gasteiger charge is -2.28. The highest BCUT2D eigenvalue weighted by Crippen LogP contribution is 2.26. The van der Waals surface area contributed by atoms with Crippen LogP contribution in [0.2, 0.25) is 0 Å². The summed E-state index contributed by atoms with van der Waals surface area (Å²) in [6, 6.07) is 0. The Bertz CT molecular complexity index is 142. The molecule has 1 unspecified atom stereocenters. The lowest BCUT2D eigenvalue weighted by atomic mass is 9.79. The van der Waals surface area contributed by atoms with Crippen LogP contribution in [0, 0.1) is 11.8 Å². The summed E-state index contributed by atoms with van der Waals surface area (Å²) in [6.07, 6.45) is 0.962. The Labute approximate surface area is 61.2 Å². The Kier molecular flexibility index (Phi) is 2.09. The first-order valence-corrected chi connectivity index (χ1v) is 3.83. The molecule has 0 heterocycles. The molecule has 1 fully saturated rings. The number of carbonyl (C=O) groups is 1. The monoisotopic (exact) mass is 142 g/mol. The zero-order valence-electron chi connectivity index (χ0n) is 6.50. The molecule has 0 bridgehead atoms. The van der Waals surface area contributed by atoms with Crippen LogP contribution >= 0.6 is 0 Å². The minimum atomic E-state index is -0.257. The van der Waals surface area contributed by atoms with Crippen LogP contribution < -0.4 is 0 Å². The predicted molar refractivity (Wildman–Crippen MR) is 38.6 cm³/mol. The summed E-state index contributed by atoms with van der Waals surface area (Å²) >= 11 is 0. The molecule has 0 spiro atoms. The number of carbonyl (C=O) groups excluding carboxylic acids is 1. The Morgan fingerprint density at radius 2 is 2.10 bits per heavy atom. The van der Waals surface area contributed by atoms with Gasteiger partial charge in [-0.3, -0.25) is 4.79 Å². The molecule has 0 amide bonds. The highest BCUT2D eigenvalue weighted by molar-refractivity contribution is 5.81. The van der Waals surface area contributed by atoms with Crippen LogP contribution in [0.3, 0.4) is 0 Å².